The van der Waals surface area contributed by atoms with Gasteiger partial charge in [0.1, 0.15) is 5.75 Å². The molecule has 3 rings (SSSR count). The molecular weight excluding hydrogens is 364 g/mol. The van der Waals surface area contributed by atoms with Crippen LogP contribution in [0, 0.1) is 0 Å². The first-order valence-corrected chi connectivity index (χ1v) is 9.20. The molecule has 0 unspecified atom stereocenters. The van der Waals surface area contributed by atoms with Crippen LogP contribution in [0.25, 0.3) is 0 Å². The predicted octanol–water partition coefficient (Wildman–Crippen LogP) is 5.01. The van der Waals surface area contributed by atoms with E-state index in [-0.39, 0.29) is 0 Å². The van der Waals surface area contributed by atoms with Crippen molar-refractivity contribution in [3.05, 3.63) is 57.6 Å². The Morgan fingerprint density at radius 2 is 1.92 bits per heavy atom. The number of anilines is 1. The molecule has 0 radical (unpaired) electrons. The van der Waals surface area contributed by atoms with E-state index in [0.29, 0.717) is 0 Å². The molecule has 1 aliphatic rings. The second-order valence-electron chi connectivity index (χ2n) is 6.74. The Balaban J connectivity index is 1.72. The summed E-state index contributed by atoms with van der Waals surface area (Å²) in [5.41, 5.74) is 5.23. The molecule has 0 aliphatic heterocycles. The van der Waals surface area contributed by atoms with Crippen molar-refractivity contribution in [1.82, 2.24) is 4.90 Å². The molecule has 1 saturated carbocycles. The van der Waals surface area contributed by atoms with Crippen LogP contribution in [0.4, 0.5) is 5.69 Å². The van der Waals surface area contributed by atoms with E-state index in [1.54, 1.807) is 7.11 Å². The Bertz CT molecular complexity index is 711. The van der Waals surface area contributed by atoms with Crippen molar-refractivity contribution in [1.29, 1.82) is 0 Å². The smallest absolute Gasteiger partial charge is 0.119 e. The molecule has 4 heteroatoms. The molecule has 0 saturated heterocycles. The molecule has 0 spiro atoms. The van der Waals surface area contributed by atoms with Gasteiger partial charge >= 0.3 is 0 Å². The van der Waals surface area contributed by atoms with Gasteiger partial charge in [0.15, 0.2) is 0 Å². The molecule has 1 fully saturated rings. The summed E-state index contributed by atoms with van der Waals surface area (Å²) in [6.45, 7) is 1.76. The lowest BCUT2D eigenvalue weighted by molar-refractivity contribution is 0.401. The third kappa shape index (κ3) is 4.31. The summed E-state index contributed by atoms with van der Waals surface area (Å²) in [5.74, 6) is 1.67. The van der Waals surface area contributed by atoms with Gasteiger partial charge in [-0.2, -0.15) is 0 Å². The van der Waals surface area contributed by atoms with Crippen LogP contribution in [0.15, 0.2) is 40.9 Å². The van der Waals surface area contributed by atoms with Crippen LogP contribution in [0.2, 0.25) is 0 Å². The highest BCUT2D eigenvalue weighted by atomic mass is 79.9. The van der Waals surface area contributed by atoms with E-state index in [1.807, 2.05) is 0 Å². The Hall–Kier alpha value is -1.52. The molecular formula is C20H25BrN2O. The van der Waals surface area contributed by atoms with Gasteiger partial charge in [-0.25, -0.2) is 0 Å². The zero-order chi connectivity index (χ0) is 17.1. The van der Waals surface area contributed by atoms with E-state index in [9.17, 15) is 0 Å². The van der Waals surface area contributed by atoms with E-state index >= 15 is 0 Å². The zero-order valence-electron chi connectivity index (χ0n) is 14.6. The van der Waals surface area contributed by atoms with Crippen molar-refractivity contribution in [2.75, 3.05) is 26.5 Å². The summed E-state index contributed by atoms with van der Waals surface area (Å²) in [6, 6.07) is 13.0. The Kier molecular flexibility index (Phi) is 5.47. The highest BCUT2D eigenvalue weighted by Gasteiger charge is 2.26. The topological polar surface area (TPSA) is 24.5 Å². The van der Waals surface area contributed by atoms with Gasteiger partial charge < -0.3 is 15.0 Å². The molecule has 2 aromatic rings. The predicted molar refractivity (Wildman–Crippen MR) is 104 cm³/mol. The summed E-state index contributed by atoms with van der Waals surface area (Å²) in [6.07, 6.45) is 2.62. The maximum absolute atomic E-state index is 5.39. The van der Waals surface area contributed by atoms with Gasteiger partial charge in [-0.1, -0.05) is 28.1 Å². The van der Waals surface area contributed by atoms with Gasteiger partial charge in [-0.3, -0.25) is 0 Å². The van der Waals surface area contributed by atoms with Gasteiger partial charge in [-0.05, 0) is 73.8 Å². The van der Waals surface area contributed by atoms with E-state index in [1.165, 1.54) is 29.5 Å². The third-order valence-corrected chi connectivity index (χ3v) is 5.13. The van der Waals surface area contributed by atoms with Crippen LogP contribution in [-0.2, 0) is 13.1 Å². The first-order valence-electron chi connectivity index (χ1n) is 8.40. The quantitative estimate of drug-likeness (QED) is 0.721. The van der Waals surface area contributed by atoms with Crippen LogP contribution < -0.4 is 10.1 Å². The number of nitrogens with one attached hydrogen (secondary N) is 1. The first-order chi connectivity index (χ1) is 11.6. The van der Waals surface area contributed by atoms with Crippen molar-refractivity contribution >= 4 is 21.6 Å². The van der Waals surface area contributed by atoms with Crippen LogP contribution >= 0.6 is 15.9 Å². The van der Waals surface area contributed by atoms with E-state index in [0.717, 1.165) is 34.9 Å². The lowest BCUT2D eigenvalue weighted by atomic mass is 10.0. The molecule has 0 aromatic heterocycles. The lowest BCUT2D eigenvalue weighted by Gasteiger charge is -2.15. The molecule has 0 heterocycles. The largest absolute Gasteiger partial charge is 0.497 e. The lowest BCUT2D eigenvalue weighted by Crippen LogP contribution is -2.11. The summed E-state index contributed by atoms with van der Waals surface area (Å²) >= 11 is 3.69. The minimum atomic E-state index is 0.738. The molecule has 1 N–H and O–H groups in total. The molecule has 3 nitrogen and oxygen atoms in total. The summed E-state index contributed by atoms with van der Waals surface area (Å²) < 4.78 is 6.54. The van der Waals surface area contributed by atoms with Gasteiger partial charge in [0, 0.05) is 23.2 Å². The Morgan fingerprint density at radius 3 is 2.54 bits per heavy atom. The molecule has 0 atom stereocenters. The van der Waals surface area contributed by atoms with Gasteiger partial charge in [0.25, 0.3) is 0 Å². The Morgan fingerprint density at radius 1 is 1.12 bits per heavy atom. The van der Waals surface area contributed by atoms with Crippen LogP contribution in [-0.4, -0.2) is 26.1 Å². The first kappa shape index (κ1) is 17.3. The van der Waals surface area contributed by atoms with E-state index in [4.69, 9.17) is 4.74 Å². The SMILES string of the molecule is COc1ccc(C2CC2)c(CNc2ccc(CN(C)C)c(Br)c2)c1. The number of hydrogen-bond donors (Lipinski definition) is 1. The molecule has 24 heavy (non-hydrogen) atoms. The molecule has 0 amide bonds. The number of hydrogen-bond acceptors (Lipinski definition) is 3. The van der Waals surface area contributed by atoms with Crippen molar-refractivity contribution < 1.29 is 4.74 Å². The minimum absolute atomic E-state index is 0.738. The van der Waals surface area contributed by atoms with E-state index in [2.05, 4.69) is 76.6 Å². The van der Waals surface area contributed by atoms with Crippen molar-refractivity contribution in [2.45, 2.75) is 31.8 Å². The maximum atomic E-state index is 5.39. The van der Waals surface area contributed by atoms with Gasteiger partial charge in [-0.15, -0.1) is 0 Å². The van der Waals surface area contributed by atoms with Crippen LogP contribution in [0.5, 0.6) is 5.75 Å². The summed E-state index contributed by atoms with van der Waals surface area (Å²) in [4.78, 5) is 2.17. The number of benzene rings is 2. The maximum Gasteiger partial charge on any atom is 0.119 e. The summed E-state index contributed by atoms with van der Waals surface area (Å²) in [5, 5.41) is 3.56. The number of nitrogens with zero attached hydrogens (tertiary/aromatic N) is 1. The number of ether oxygens (including phenoxy) is 1. The number of rotatable bonds is 7. The normalized spacial score (nSPS) is 14.0. The monoisotopic (exact) mass is 388 g/mol. The number of halogens is 1. The minimum Gasteiger partial charge on any atom is -0.497 e. The standard InChI is InChI=1S/C20H25BrN2O/c1-23(2)13-15-6-7-17(11-20(15)21)22-12-16-10-18(24-3)8-9-19(16)14-4-5-14/h6-11,14,22H,4-5,12-13H2,1-3H3. The fourth-order valence-electron chi connectivity index (χ4n) is 2.98. The Labute approximate surface area is 153 Å². The second-order valence-corrected chi connectivity index (χ2v) is 7.59. The second kappa shape index (κ2) is 7.58. The van der Waals surface area contributed by atoms with Crippen LogP contribution in [0.1, 0.15) is 35.4 Å². The average Bonchev–Trinajstić information content (AvgIpc) is 3.39. The van der Waals surface area contributed by atoms with Crippen molar-refractivity contribution in [3.63, 3.8) is 0 Å². The highest BCUT2D eigenvalue weighted by Crippen LogP contribution is 2.42. The molecule has 128 valence electrons. The van der Waals surface area contributed by atoms with Gasteiger partial charge in [0.05, 0.1) is 7.11 Å². The third-order valence-electron chi connectivity index (χ3n) is 4.39. The fourth-order valence-corrected chi connectivity index (χ4v) is 3.48. The molecule has 0 bridgehead atoms. The zero-order valence-corrected chi connectivity index (χ0v) is 16.2. The van der Waals surface area contributed by atoms with Crippen LogP contribution in [0.3, 0.4) is 0 Å². The highest BCUT2D eigenvalue weighted by molar-refractivity contribution is 9.10. The average molecular weight is 389 g/mol. The van der Waals surface area contributed by atoms with Crippen molar-refractivity contribution in [2.24, 2.45) is 0 Å². The molecule has 2 aromatic carbocycles. The molecule has 1 aliphatic carbocycles. The van der Waals surface area contributed by atoms with Crippen molar-refractivity contribution in [3.8, 4) is 5.75 Å². The summed E-state index contributed by atoms with van der Waals surface area (Å²) in [7, 11) is 5.89. The number of methoxy groups -OCH3 is 1. The fraction of sp³-hybridized carbons (Fsp3) is 0.400. The van der Waals surface area contributed by atoms with Gasteiger partial charge in [0.2, 0.25) is 0 Å². The van der Waals surface area contributed by atoms with E-state index < -0.39 is 0 Å².